The van der Waals surface area contributed by atoms with Crippen molar-refractivity contribution in [2.45, 2.75) is 31.3 Å². The maximum atomic E-state index is 12.5. The highest BCUT2D eigenvalue weighted by atomic mass is 32.2. The summed E-state index contributed by atoms with van der Waals surface area (Å²) in [4.78, 5) is 11.8. The standard InChI is InChI=1S/C16H23NO6S/c1-16(2,3)23-15(18)12-22-13-4-6-14(7-5-13)24(19,20)17-8-10-21-11-9-17/h4-7H,8-12H2,1-3H3. The average molecular weight is 357 g/mol. The second-order valence-electron chi connectivity index (χ2n) is 6.36. The van der Waals surface area contributed by atoms with Crippen molar-refractivity contribution in [3.63, 3.8) is 0 Å². The monoisotopic (exact) mass is 357 g/mol. The van der Waals surface area contributed by atoms with E-state index in [1.165, 1.54) is 28.6 Å². The van der Waals surface area contributed by atoms with E-state index in [4.69, 9.17) is 14.2 Å². The normalized spacial score (nSPS) is 16.6. The number of esters is 1. The average Bonchev–Trinajstić information content (AvgIpc) is 2.52. The number of carbonyl (C=O) groups is 1. The molecule has 0 saturated carbocycles. The summed E-state index contributed by atoms with van der Waals surface area (Å²) in [5.74, 6) is -0.0747. The van der Waals surface area contributed by atoms with Crippen LogP contribution in [0, 0.1) is 0 Å². The largest absolute Gasteiger partial charge is 0.482 e. The lowest BCUT2D eigenvalue weighted by Gasteiger charge is -2.26. The molecule has 0 spiro atoms. The Bertz CT molecular complexity index is 657. The number of carbonyl (C=O) groups excluding carboxylic acids is 1. The third-order valence-electron chi connectivity index (χ3n) is 3.21. The second-order valence-corrected chi connectivity index (χ2v) is 8.30. The summed E-state index contributed by atoms with van der Waals surface area (Å²) < 4.78 is 42.0. The van der Waals surface area contributed by atoms with Crippen LogP contribution >= 0.6 is 0 Å². The molecule has 0 N–H and O–H groups in total. The number of nitrogens with zero attached hydrogens (tertiary/aromatic N) is 1. The van der Waals surface area contributed by atoms with Crippen LogP contribution < -0.4 is 4.74 Å². The van der Waals surface area contributed by atoms with E-state index in [0.29, 0.717) is 32.1 Å². The molecule has 7 nitrogen and oxygen atoms in total. The van der Waals surface area contributed by atoms with E-state index in [2.05, 4.69) is 0 Å². The number of hydrogen-bond acceptors (Lipinski definition) is 6. The first-order valence-corrected chi connectivity index (χ1v) is 9.15. The van der Waals surface area contributed by atoms with Gasteiger partial charge in [0.2, 0.25) is 10.0 Å². The molecule has 1 heterocycles. The van der Waals surface area contributed by atoms with Gasteiger partial charge in [-0.15, -0.1) is 0 Å². The molecule has 0 radical (unpaired) electrons. The van der Waals surface area contributed by atoms with Gasteiger partial charge in [-0.1, -0.05) is 0 Å². The lowest BCUT2D eigenvalue weighted by molar-refractivity contribution is -0.157. The van der Waals surface area contributed by atoms with Crippen LogP contribution in [-0.4, -0.2) is 57.2 Å². The maximum absolute atomic E-state index is 12.5. The highest BCUT2D eigenvalue weighted by Crippen LogP contribution is 2.20. The zero-order valence-corrected chi connectivity index (χ0v) is 15.0. The van der Waals surface area contributed by atoms with Gasteiger partial charge in [0.1, 0.15) is 11.4 Å². The minimum absolute atomic E-state index is 0.189. The minimum Gasteiger partial charge on any atom is -0.482 e. The molecule has 1 aromatic rings. The Morgan fingerprint density at radius 3 is 2.29 bits per heavy atom. The summed E-state index contributed by atoms with van der Waals surface area (Å²) in [7, 11) is -3.53. The molecule has 0 atom stereocenters. The van der Waals surface area contributed by atoms with Crippen LogP contribution in [0.1, 0.15) is 20.8 Å². The van der Waals surface area contributed by atoms with Crippen LogP contribution in [-0.2, 0) is 24.3 Å². The smallest absolute Gasteiger partial charge is 0.344 e. The first kappa shape index (κ1) is 18.7. The first-order valence-electron chi connectivity index (χ1n) is 7.71. The van der Waals surface area contributed by atoms with Crippen LogP contribution in [0.2, 0.25) is 0 Å². The third-order valence-corrected chi connectivity index (χ3v) is 5.12. The number of hydrogen-bond donors (Lipinski definition) is 0. The summed E-state index contributed by atoms with van der Waals surface area (Å²) in [6.45, 7) is 6.58. The first-order chi connectivity index (χ1) is 11.2. The summed E-state index contributed by atoms with van der Waals surface area (Å²) >= 11 is 0. The lowest BCUT2D eigenvalue weighted by atomic mass is 10.2. The van der Waals surface area contributed by atoms with Crippen molar-refractivity contribution in [3.8, 4) is 5.75 Å². The Kier molecular flexibility index (Phi) is 5.84. The van der Waals surface area contributed by atoms with Gasteiger partial charge in [-0.2, -0.15) is 4.31 Å². The Hall–Kier alpha value is -1.64. The Morgan fingerprint density at radius 2 is 1.75 bits per heavy atom. The van der Waals surface area contributed by atoms with Crippen molar-refractivity contribution in [2.75, 3.05) is 32.9 Å². The quantitative estimate of drug-likeness (QED) is 0.742. The van der Waals surface area contributed by atoms with Gasteiger partial charge in [0.25, 0.3) is 0 Å². The van der Waals surface area contributed by atoms with E-state index in [9.17, 15) is 13.2 Å². The van der Waals surface area contributed by atoms with Crippen molar-refractivity contribution >= 4 is 16.0 Å². The number of morpholine rings is 1. The molecule has 0 aromatic heterocycles. The molecule has 0 unspecified atom stereocenters. The second kappa shape index (κ2) is 7.50. The molecule has 1 aromatic carbocycles. The summed E-state index contributed by atoms with van der Waals surface area (Å²) in [6.07, 6.45) is 0. The van der Waals surface area contributed by atoms with E-state index in [1.807, 2.05) is 0 Å². The highest BCUT2D eigenvalue weighted by Gasteiger charge is 2.26. The fourth-order valence-corrected chi connectivity index (χ4v) is 3.57. The predicted octanol–water partition coefficient (Wildman–Crippen LogP) is 1.43. The van der Waals surface area contributed by atoms with Crippen molar-refractivity contribution in [3.05, 3.63) is 24.3 Å². The topological polar surface area (TPSA) is 82.1 Å². The van der Waals surface area contributed by atoms with Gasteiger partial charge in [-0.25, -0.2) is 13.2 Å². The van der Waals surface area contributed by atoms with Gasteiger partial charge < -0.3 is 14.2 Å². The van der Waals surface area contributed by atoms with Gasteiger partial charge in [0.15, 0.2) is 6.61 Å². The van der Waals surface area contributed by atoms with E-state index in [1.54, 1.807) is 20.8 Å². The Balaban J connectivity index is 1.96. The third kappa shape index (κ3) is 5.19. The molecular formula is C16H23NO6S. The minimum atomic E-state index is -3.53. The van der Waals surface area contributed by atoms with Crippen LogP contribution in [0.3, 0.4) is 0 Å². The van der Waals surface area contributed by atoms with Crippen molar-refractivity contribution in [1.82, 2.24) is 4.31 Å². The zero-order valence-electron chi connectivity index (χ0n) is 14.1. The summed E-state index contributed by atoms with van der Waals surface area (Å²) in [5.41, 5.74) is -0.573. The van der Waals surface area contributed by atoms with E-state index in [0.717, 1.165) is 0 Å². The molecule has 2 rings (SSSR count). The van der Waals surface area contributed by atoms with E-state index < -0.39 is 21.6 Å². The van der Waals surface area contributed by atoms with Crippen LogP contribution in [0.15, 0.2) is 29.2 Å². The molecule has 0 aliphatic carbocycles. The molecule has 0 amide bonds. The highest BCUT2D eigenvalue weighted by molar-refractivity contribution is 7.89. The molecule has 1 saturated heterocycles. The zero-order chi connectivity index (χ0) is 17.8. The molecule has 0 bridgehead atoms. The molecule has 1 aliphatic heterocycles. The lowest BCUT2D eigenvalue weighted by Crippen LogP contribution is -2.40. The van der Waals surface area contributed by atoms with Crippen molar-refractivity contribution in [1.29, 1.82) is 0 Å². The summed E-state index contributed by atoms with van der Waals surface area (Å²) in [5, 5.41) is 0. The molecule has 1 fully saturated rings. The predicted molar refractivity (Wildman–Crippen MR) is 87.4 cm³/mol. The molecule has 134 valence electrons. The van der Waals surface area contributed by atoms with Crippen LogP contribution in [0.25, 0.3) is 0 Å². The number of sulfonamides is 1. The van der Waals surface area contributed by atoms with Crippen LogP contribution in [0.5, 0.6) is 5.75 Å². The number of ether oxygens (including phenoxy) is 3. The molecule has 24 heavy (non-hydrogen) atoms. The molecule has 1 aliphatic rings. The Labute approximate surface area is 142 Å². The number of rotatable bonds is 5. The Morgan fingerprint density at radius 1 is 1.17 bits per heavy atom. The maximum Gasteiger partial charge on any atom is 0.344 e. The van der Waals surface area contributed by atoms with E-state index >= 15 is 0 Å². The number of benzene rings is 1. The van der Waals surface area contributed by atoms with Crippen molar-refractivity contribution < 1.29 is 27.4 Å². The molecule has 8 heteroatoms. The SMILES string of the molecule is CC(C)(C)OC(=O)COc1ccc(S(=O)(=O)N2CCOCC2)cc1. The van der Waals surface area contributed by atoms with Gasteiger partial charge in [0.05, 0.1) is 18.1 Å². The molecular weight excluding hydrogens is 334 g/mol. The fourth-order valence-electron chi connectivity index (χ4n) is 2.16. The fraction of sp³-hybridized carbons (Fsp3) is 0.562. The van der Waals surface area contributed by atoms with Crippen molar-refractivity contribution in [2.24, 2.45) is 0 Å². The van der Waals surface area contributed by atoms with Gasteiger partial charge in [-0.3, -0.25) is 0 Å². The van der Waals surface area contributed by atoms with E-state index in [-0.39, 0.29) is 11.5 Å². The summed E-state index contributed by atoms with van der Waals surface area (Å²) in [6, 6.07) is 5.99. The van der Waals surface area contributed by atoms with Gasteiger partial charge in [0, 0.05) is 13.1 Å². The van der Waals surface area contributed by atoms with Gasteiger partial charge >= 0.3 is 5.97 Å². The van der Waals surface area contributed by atoms with Crippen LogP contribution in [0.4, 0.5) is 0 Å². The van der Waals surface area contributed by atoms with Gasteiger partial charge in [-0.05, 0) is 45.0 Å².